The first-order chi connectivity index (χ1) is 15.8. The van der Waals surface area contributed by atoms with E-state index in [-0.39, 0.29) is 23.5 Å². The van der Waals surface area contributed by atoms with Crippen LogP contribution in [0.15, 0.2) is 53.4 Å². The Kier molecular flexibility index (Phi) is 8.54. The molecule has 2 aromatic rings. The lowest BCUT2D eigenvalue weighted by Gasteiger charge is -2.34. The Balaban J connectivity index is 1.52. The summed E-state index contributed by atoms with van der Waals surface area (Å²) in [6.45, 7) is 2.14. The third-order valence-corrected chi connectivity index (χ3v) is 7.19. The minimum absolute atomic E-state index is 0.0561. The molecule has 2 aromatic carbocycles. The van der Waals surface area contributed by atoms with Crippen LogP contribution in [0.25, 0.3) is 0 Å². The molecule has 0 radical (unpaired) electrons. The molecule has 1 heterocycles. The highest BCUT2D eigenvalue weighted by Gasteiger charge is 2.35. The fourth-order valence-corrected chi connectivity index (χ4v) is 5.15. The van der Waals surface area contributed by atoms with E-state index in [1.54, 1.807) is 0 Å². The first-order valence-electron chi connectivity index (χ1n) is 10.8. The molecule has 178 valence electrons. The number of hydrogen-bond donors (Lipinski definition) is 2. The molecule has 1 unspecified atom stereocenters. The summed E-state index contributed by atoms with van der Waals surface area (Å²) in [5.74, 6) is -2.15. The lowest BCUT2D eigenvalue weighted by atomic mass is 10.1. The number of sulfonamides is 1. The van der Waals surface area contributed by atoms with E-state index in [9.17, 15) is 22.4 Å². The van der Waals surface area contributed by atoms with Crippen molar-refractivity contribution in [3.05, 3.63) is 65.5 Å². The zero-order valence-electron chi connectivity index (χ0n) is 18.4. The van der Waals surface area contributed by atoms with Crippen molar-refractivity contribution < 1.29 is 27.1 Å². The quantitative estimate of drug-likeness (QED) is 0.445. The molecule has 0 spiro atoms. The lowest BCUT2D eigenvalue weighted by molar-refractivity contribution is -0.140. The molecule has 1 aliphatic rings. The summed E-state index contributed by atoms with van der Waals surface area (Å²) in [4.78, 5) is 24.2. The number of halogens is 1. The van der Waals surface area contributed by atoms with E-state index < -0.39 is 33.9 Å². The Morgan fingerprint density at radius 1 is 1.12 bits per heavy atom. The Morgan fingerprint density at radius 3 is 2.58 bits per heavy atom. The maximum atomic E-state index is 13.6. The SMILES string of the molecule is Cc1cc(S(=O)(=O)N2CCCOC2CNC(=O)C(=O)NCCCc2ccccc2)ccc1F. The summed E-state index contributed by atoms with van der Waals surface area (Å²) < 4.78 is 46.4. The second-order valence-electron chi connectivity index (χ2n) is 7.76. The monoisotopic (exact) mass is 477 g/mol. The van der Waals surface area contributed by atoms with E-state index in [2.05, 4.69) is 10.6 Å². The molecule has 10 heteroatoms. The normalized spacial score (nSPS) is 16.8. The van der Waals surface area contributed by atoms with Gasteiger partial charge in [0.1, 0.15) is 12.0 Å². The van der Waals surface area contributed by atoms with Gasteiger partial charge in [0.2, 0.25) is 10.0 Å². The summed E-state index contributed by atoms with van der Waals surface area (Å²) in [5.41, 5.74) is 1.35. The maximum Gasteiger partial charge on any atom is 0.309 e. The van der Waals surface area contributed by atoms with Gasteiger partial charge in [-0.05, 0) is 55.5 Å². The number of rotatable bonds is 8. The van der Waals surface area contributed by atoms with Crippen molar-refractivity contribution in [2.45, 2.75) is 37.3 Å². The molecule has 0 aliphatic carbocycles. The lowest BCUT2D eigenvalue weighted by Crippen LogP contribution is -2.53. The number of hydrogen-bond acceptors (Lipinski definition) is 5. The molecule has 1 aliphatic heterocycles. The first-order valence-corrected chi connectivity index (χ1v) is 12.2. The van der Waals surface area contributed by atoms with Crippen molar-refractivity contribution >= 4 is 21.8 Å². The van der Waals surface area contributed by atoms with Gasteiger partial charge in [-0.2, -0.15) is 4.31 Å². The van der Waals surface area contributed by atoms with Gasteiger partial charge in [0, 0.05) is 13.1 Å². The highest BCUT2D eigenvalue weighted by molar-refractivity contribution is 7.89. The van der Waals surface area contributed by atoms with Crippen molar-refractivity contribution in [3.8, 4) is 0 Å². The van der Waals surface area contributed by atoms with Crippen molar-refractivity contribution in [3.63, 3.8) is 0 Å². The largest absolute Gasteiger partial charge is 0.360 e. The number of ether oxygens (including phenoxy) is 1. The van der Waals surface area contributed by atoms with E-state index in [1.807, 2.05) is 30.3 Å². The van der Waals surface area contributed by atoms with Crippen molar-refractivity contribution in [2.75, 3.05) is 26.2 Å². The van der Waals surface area contributed by atoms with Gasteiger partial charge in [-0.1, -0.05) is 30.3 Å². The topological polar surface area (TPSA) is 105 Å². The fourth-order valence-electron chi connectivity index (χ4n) is 3.50. The molecule has 2 amide bonds. The average molecular weight is 478 g/mol. The summed E-state index contributed by atoms with van der Waals surface area (Å²) in [7, 11) is -3.97. The number of amides is 2. The van der Waals surface area contributed by atoms with Gasteiger partial charge < -0.3 is 15.4 Å². The third kappa shape index (κ3) is 6.59. The van der Waals surface area contributed by atoms with Crippen molar-refractivity contribution in [2.24, 2.45) is 0 Å². The van der Waals surface area contributed by atoms with Gasteiger partial charge in [-0.3, -0.25) is 9.59 Å². The second kappa shape index (κ2) is 11.4. The average Bonchev–Trinajstić information content (AvgIpc) is 2.82. The number of nitrogens with one attached hydrogen (secondary N) is 2. The van der Waals surface area contributed by atoms with E-state index in [0.29, 0.717) is 26.0 Å². The van der Waals surface area contributed by atoms with Gasteiger partial charge in [0.25, 0.3) is 0 Å². The predicted octanol–water partition coefficient (Wildman–Crippen LogP) is 1.74. The summed E-state index contributed by atoms with van der Waals surface area (Å²) >= 11 is 0. The molecule has 33 heavy (non-hydrogen) atoms. The molecular formula is C23H28FN3O5S. The number of nitrogens with zero attached hydrogens (tertiary/aromatic N) is 1. The molecule has 0 bridgehead atoms. The first kappa shape index (κ1) is 24.8. The number of benzene rings is 2. The minimum Gasteiger partial charge on any atom is -0.360 e. The van der Waals surface area contributed by atoms with Crippen LogP contribution in [0.5, 0.6) is 0 Å². The van der Waals surface area contributed by atoms with Crippen LogP contribution in [0.1, 0.15) is 24.0 Å². The van der Waals surface area contributed by atoms with Crippen LogP contribution in [-0.2, 0) is 30.8 Å². The van der Waals surface area contributed by atoms with Crippen LogP contribution < -0.4 is 10.6 Å². The Hall–Kier alpha value is -2.82. The molecular weight excluding hydrogens is 449 g/mol. The van der Waals surface area contributed by atoms with Crippen LogP contribution >= 0.6 is 0 Å². The summed E-state index contributed by atoms with van der Waals surface area (Å²) in [6.07, 6.45) is 0.960. The molecule has 1 fully saturated rings. The van der Waals surface area contributed by atoms with Crippen molar-refractivity contribution in [1.29, 1.82) is 0 Å². The van der Waals surface area contributed by atoms with Crippen LogP contribution in [0.4, 0.5) is 4.39 Å². The van der Waals surface area contributed by atoms with Crippen LogP contribution in [-0.4, -0.2) is 57.0 Å². The van der Waals surface area contributed by atoms with E-state index in [1.165, 1.54) is 19.1 Å². The van der Waals surface area contributed by atoms with Crippen molar-refractivity contribution in [1.82, 2.24) is 14.9 Å². The zero-order chi connectivity index (χ0) is 23.8. The van der Waals surface area contributed by atoms with E-state index in [4.69, 9.17) is 4.74 Å². The highest BCUT2D eigenvalue weighted by Crippen LogP contribution is 2.23. The number of carbonyl (C=O) groups is 2. The van der Waals surface area contributed by atoms with Crippen LogP contribution in [0.3, 0.4) is 0 Å². The van der Waals surface area contributed by atoms with Gasteiger partial charge in [0.15, 0.2) is 0 Å². The van der Waals surface area contributed by atoms with Gasteiger partial charge in [-0.15, -0.1) is 0 Å². The summed E-state index contributed by atoms with van der Waals surface area (Å²) in [6, 6.07) is 13.4. The summed E-state index contributed by atoms with van der Waals surface area (Å²) in [5, 5.41) is 5.00. The minimum atomic E-state index is -3.97. The zero-order valence-corrected chi connectivity index (χ0v) is 19.2. The maximum absolute atomic E-state index is 13.6. The molecule has 0 saturated carbocycles. The van der Waals surface area contributed by atoms with Gasteiger partial charge in [0.05, 0.1) is 18.0 Å². The highest BCUT2D eigenvalue weighted by atomic mass is 32.2. The van der Waals surface area contributed by atoms with Gasteiger partial charge >= 0.3 is 11.8 Å². The van der Waals surface area contributed by atoms with E-state index >= 15 is 0 Å². The Labute approximate surface area is 193 Å². The predicted molar refractivity (Wildman–Crippen MR) is 120 cm³/mol. The Bertz CT molecular complexity index is 1080. The number of aryl methyl sites for hydroxylation is 2. The Morgan fingerprint density at radius 2 is 1.85 bits per heavy atom. The molecule has 3 rings (SSSR count). The van der Waals surface area contributed by atoms with Crippen LogP contribution in [0, 0.1) is 12.7 Å². The standard InChI is InChI=1S/C23H28FN3O5S/c1-17-15-19(10-11-20(17)24)33(30,31)27-13-6-14-32-21(27)16-26-23(29)22(28)25-12-5-9-18-7-3-2-4-8-18/h2-4,7-8,10-11,15,21H,5-6,9,12-14,16H2,1H3,(H,25,28)(H,26,29). The molecule has 1 atom stereocenters. The molecule has 2 N–H and O–H groups in total. The van der Waals surface area contributed by atoms with E-state index in [0.717, 1.165) is 22.4 Å². The molecule has 0 aromatic heterocycles. The molecule has 8 nitrogen and oxygen atoms in total. The second-order valence-corrected chi connectivity index (χ2v) is 9.65. The smallest absolute Gasteiger partial charge is 0.309 e. The van der Waals surface area contributed by atoms with Gasteiger partial charge in [-0.25, -0.2) is 12.8 Å². The fraction of sp³-hybridized carbons (Fsp3) is 0.391. The number of carbonyl (C=O) groups excluding carboxylic acids is 2. The molecule has 1 saturated heterocycles. The third-order valence-electron chi connectivity index (χ3n) is 5.30. The van der Waals surface area contributed by atoms with Crippen LogP contribution in [0.2, 0.25) is 0 Å².